The molecule has 2 heterocycles. The first-order chi connectivity index (χ1) is 13.3. The maximum absolute atomic E-state index is 11.4. The quantitative estimate of drug-likeness (QED) is 0.644. The SMILES string of the molecule is CC(=O)CCc1cc(Nc2ccc(C)cc2)nc(-n2cc(C)c(C(C)O)n2)c1. The zero-order valence-corrected chi connectivity index (χ0v) is 16.7. The number of ketones is 1. The number of aryl methyl sites for hydroxylation is 3. The summed E-state index contributed by atoms with van der Waals surface area (Å²) in [6.45, 7) is 7.25. The number of aromatic nitrogens is 3. The maximum atomic E-state index is 11.4. The Morgan fingerprint density at radius 3 is 2.54 bits per heavy atom. The molecule has 0 saturated heterocycles. The van der Waals surface area contributed by atoms with Crippen LogP contribution in [0.4, 0.5) is 11.5 Å². The summed E-state index contributed by atoms with van der Waals surface area (Å²) in [4.78, 5) is 16.1. The first-order valence-electron chi connectivity index (χ1n) is 9.40. The normalized spacial score (nSPS) is 12.0. The van der Waals surface area contributed by atoms with Crippen molar-refractivity contribution in [3.8, 4) is 5.82 Å². The minimum absolute atomic E-state index is 0.151. The third-order valence-corrected chi connectivity index (χ3v) is 4.53. The first kappa shape index (κ1) is 19.8. The van der Waals surface area contributed by atoms with Gasteiger partial charge < -0.3 is 15.2 Å². The van der Waals surface area contributed by atoms with Crippen molar-refractivity contribution >= 4 is 17.3 Å². The number of carbonyl (C=O) groups excluding carboxylic acids is 1. The lowest BCUT2D eigenvalue weighted by molar-refractivity contribution is -0.116. The maximum Gasteiger partial charge on any atom is 0.156 e. The summed E-state index contributed by atoms with van der Waals surface area (Å²) in [5.74, 6) is 1.48. The number of aliphatic hydroxyl groups is 1. The molecule has 0 saturated carbocycles. The average Bonchev–Trinajstić information content (AvgIpc) is 3.04. The van der Waals surface area contributed by atoms with Gasteiger partial charge in [0.05, 0.1) is 11.8 Å². The van der Waals surface area contributed by atoms with E-state index >= 15 is 0 Å². The highest BCUT2D eigenvalue weighted by Crippen LogP contribution is 2.22. The Morgan fingerprint density at radius 1 is 1.21 bits per heavy atom. The zero-order chi connectivity index (χ0) is 20.3. The second-order valence-corrected chi connectivity index (χ2v) is 7.23. The molecule has 1 unspecified atom stereocenters. The largest absolute Gasteiger partial charge is 0.387 e. The van der Waals surface area contributed by atoms with Crippen molar-refractivity contribution in [2.45, 2.75) is 46.6 Å². The Morgan fingerprint density at radius 2 is 1.93 bits per heavy atom. The number of pyridine rings is 1. The van der Waals surface area contributed by atoms with Crippen molar-refractivity contribution in [2.24, 2.45) is 0 Å². The minimum atomic E-state index is -0.646. The predicted molar refractivity (Wildman–Crippen MR) is 110 cm³/mol. The van der Waals surface area contributed by atoms with Crippen LogP contribution in [0.1, 0.15) is 48.8 Å². The summed E-state index contributed by atoms with van der Waals surface area (Å²) in [5, 5.41) is 17.7. The molecule has 0 aliphatic rings. The van der Waals surface area contributed by atoms with Crippen LogP contribution < -0.4 is 5.32 Å². The predicted octanol–water partition coefficient (Wildman–Crippen LogP) is 4.20. The Labute approximate surface area is 165 Å². The van der Waals surface area contributed by atoms with E-state index in [0.29, 0.717) is 30.2 Å². The molecule has 2 N–H and O–H groups in total. The molecule has 2 aromatic heterocycles. The van der Waals surface area contributed by atoms with Gasteiger partial charge >= 0.3 is 0 Å². The highest BCUT2D eigenvalue weighted by Gasteiger charge is 2.13. The number of aliphatic hydroxyl groups excluding tert-OH is 1. The van der Waals surface area contributed by atoms with Crippen LogP contribution in [-0.2, 0) is 11.2 Å². The molecule has 146 valence electrons. The molecule has 1 atom stereocenters. The Kier molecular flexibility index (Phi) is 5.90. The molecule has 28 heavy (non-hydrogen) atoms. The fourth-order valence-electron chi connectivity index (χ4n) is 3.01. The standard InChI is InChI=1S/C22H26N4O2/c1-14-5-9-19(10-6-14)23-20-11-18(8-7-16(3)27)12-21(24-20)26-13-15(2)22(25-26)17(4)28/h5-6,9-13,17,28H,7-8H2,1-4H3,(H,23,24). The highest BCUT2D eigenvalue weighted by atomic mass is 16.3. The molecule has 6 nitrogen and oxygen atoms in total. The number of benzene rings is 1. The summed E-state index contributed by atoms with van der Waals surface area (Å²) in [7, 11) is 0. The first-order valence-corrected chi connectivity index (χ1v) is 9.40. The van der Waals surface area contributed by atoms with Crippen molar-refractivity contribution in [3.63, 3.8) is 0 Å². The molecule has 6 heteroatoms. The molecule has 0 bridgehead atoms. The van der Waals surface area contributed by atoms with Gasteiger partial charge in [0, 0.05) is 18.3 Å². The topological polar surface area (TPSA) is 80.0 Å². The molecule has 0 spiro atoms. The lowest BCUT2D eigenvalue weighted by atomic mass is 10.1. The van der Waals surface area contributed by atoms with E-state index in [1.54, 1.807) is 18.5 Å². The van der Waals surface area contributed by atoms with Crippen LogP contribution in [0.15, 0.2) is 42.6 Å². The second kappa shape index (κ2) is 8.35. The van der Waals surface area contributed by atoms with Crippen LogP contribution in [0.2, 0.25) is 0 Å². The van der Waals surface area contributed by atoms with Gasteiger partial charge in [0.15, 0.2) is 5.82 Å². The summed E-state index contributed by atoms with van der Waals surface area (Å²) in [6.07, 6.45) is 2.32. The van der Waals surface area contributed by atoms with Crippen molar-refractivity contribution in [1.29, 1.82) is 0 Å². The number of Topliss-reactive ketones (excluding diaryl/α,β-unsaturated/α-hetero) is 1. The molecule has 0 aliphatic carbocycles. The molecule has 3 aromatic rings. The number of nitrogens with zero attached hydrogens (tertiary/aromatic N) is 3. The Balaban J connectivity index is 1.98. The lowest BCUT2D eigenvalue weighted by Gasteiger charge is -2.11. The fraction of sp³-hybridized carbons (Fsp3) is 0.318. The van der Waals surface area contributed by atoms with E-state index in [9.17, 15) is 9.90 Å². The van der Waals surface area contributed by atoms with Gasteiger partial charge in [0.1, 0.15) is 11.6 Å². The van der Waals surface area contributed by atoms with E-state index in [0.717, 1.165) is 16.8 Å². The van der Waals surface area contributed by atoms with Crippen molar-refractivity contribution in [1.82, 2.24) is 14.8 Å². The van der Waals surface area contributed by atoms with E-state index in [-0.39, 0.29) is 5.78 Å². The van der Waals surface area contributed by atoms with Crippen molar-refractivity contribution in [2.75, 3.05) is 5.32 Å². The molecular weight excluding hydrogens is 352 g/mol. The van der Waals surface area contributed by atoms with Crippen LogP contribution in [0.25, 0.3) is 5.82 Å². The van der Waals surface area contributed by atoms with Crippen LogP contribution in [-0.4, -0.2) is 25.7 Å². The van der Waals surface area contributed by atoms with Gasteiger partial charge in [-0.2, -0.15) is 5.10 Å². The van der Waals surface area contributed by atoms with Crippen LogP contribution >= 0.6 is 0 Å². The molecule has 0 aliphatic heterocycles. The van der Waals surface area contributed by atoms with Crippen molar-refractivity contribution < 1.29 is 9.90 Å². The van der Waals surface area contributed by atoms with Gasteiger partial charge in [-0.1, -0.05) is 17.7 Å². The third kappa shape index (κ3) is 4.84. The van der Waals surface area contributed by atoms with Crippen LogP contribution in [0.5, 0.6) is 0 Å². The van der Waals surface area contributed by atoms with Gasteiger partial charge in [-0.3, -0.25) is 0 Å². The van der Waals surface area contributed by atoms with Gasteiger partial charge in [-0.15, -0.1) is 0 Å². The second-order valence-electron chi connectivity index (χ2n) is 7.23. The Bertz CT molecular complexity index is 975. The summed E-state index contributed by atoms with van der Waals surface area (Å²) < 4.78 is 1.68. The molecule has 3 rings (SSSR count). The number of nitrogens with one attached hydrogen (secondary N) is 1. The smallest absolute Gasteiger partial charge is 0.156 e. The third-order valence-electron chi connectivity index (χ3n) is 4.53. The zero-order valence-electron chi connectivity index (χ0n) is 16.7. The van der Waals surface area contributed by atoms with Crippen LogP contribution in [0.3, 0.4) is 0 Å². The lowest BCUT2D eigenvalue weighted by Crippen LogP contribution is -2.05. The fourth-order valence-corrected chi connectivity index (χ4v) is 3.01. The van der Waals surface area contributed by atoms with E-state index in [2.05, 4.69) is 15.4 Å². The number of rotatable bonds is 7. The van der Waals surface area contributed by atoms with E-state index in [1.807, 2.05) is 56.4 Å². The monoisotopic (exact) mass is 378 g/mol. The minimum Gasteiger partial charge on any atom is -0.387 e. The van der Waals surface area contributed by atoms with Crippen molar-refractivity contribution in [3.05, 3.63) is 65.0 Å². The highest BCUT2D eigenvalue weighted by molar-refractivity contribution is 5.75. The summed E-state index contributed by atoms with van der Waals surface area (Å²) >= 11 is 0. The molecular formula is C22H26N4O2. The van der Waals surface area contributed by atoms with Gasteiger partial charge in [-0.25, -0.2) is 9.67 Å². The molecule has 1 aromatic carbocycles. The average molecular weight is 378 g/mol. The van der Waals surface area contributed by atoms with Gasteiger partial charge in [0.25, 0.3) is 0 Å². The molecule has 0 amide bonds. The van der Waals surface area contributed by atoms with Gasteiger partial charge in [0.2, 0.25) is 0 Å². The molecule has 0 fully saturated rings. The number of carbonyl (C=O) groups is 1. The molecule has 0 radical (unpaired) electrons. The number of hydrogen-bond acceptors (Lipinski definition) is 5. The van der Waals surface area contributed by atoms with E-state index in [1.165, 1.54) is 5.56 Å². The number of anilines is 2. The Hall–Kier alpha value is -2.99. The van der Waals surface area contributed by atoms with Crippen LogP contribution in [0, 0.1) is 13.8 Å². The van der Waals surface area contributed by atoms with E-state index < -0.39 is 6.10 Å². The van der Waals surface area contributed by atoms with E-state index in [4.69, 9.17) is 0 Å². The summed E-state index contributed by atoms with van der Waals surface area (Å²) in [6, 6.07) is 12.0. The summed E-state index contributed by atoms with van der Waals surface area (Å²) in [5.41, 5.74) is 4.66. The number of hydrogen-bond donors (Lipinski definition) is 2. The van der Waals surface area contributed by atoms with Gasteiger partial charge in [-0.05, 0) is 69.5 Å².